The first kappa shape index (κ1) is 12.7. The lowest BCUT2D eigenvalue weighted by Crippen LogP contribution is -2.28. The summed E-state index contributed by atoms with van der Waals surface area (Å²) in [4.78, 5) is 12.3. The van der Waals surface area contributed by atoms with Crippen molar-refractivity contribution in [1.82, 2.24) is 15.4 Å². The number of hydrogen-bond acceptors (Lipinski definition) is 4. The number of nitrogens with one attached hydrogen (secondary N) is 2. The van der Waals surface area contributed by atoms with Crippen LogP contribution in [-0.4, -0.2) is 28.4 Å². The van der Waals surface area contributed by atoms with Gasteiger partial charge in [0, 0.05) is 12.3 Å². The van der Waals surface area contributed by atoms with Gasteiger partial charge < -0.3 is 10.1 Å². The Hall–Kier alpha value is -2.37. The van der Waals surface area contributed by atoms with Crippen molar-refractivity contribution >= 4 is 11.6 Å². The lowest BCUT2D eigenvalue weighted by molar-refractivity contribution is -0.120. The van der Waals surface area contributed by atoms with Crippen molar-refractivity contribution < 1.29 is 9.53 Å². The van der Waals surface area contributed by atoms with Crippen molar-refractivity contribution in [3.05, 3.63) is 35.7 Å². The first-order valence-electron chi connectivity index (χ1n) is 6.60. The van der Waals surface area contributed by atoms with Gasteiger partial charge in [-0.1, -0.05) is 12.1 Å². The Balaban J connectivity index is 1.71. The number of benzene rings is 1. The molecule has 6 heteroatoms. The quantitative estimate of drug-likeness (QED) is 0.888. The van der Waals surface area contributed by atoms with E-state index >= 15 is 0 Å². The molecule has 3 rings (SSSR count). The van der Waals surface area contributed by atoms with E-state index in [0.29, 0.717) is 17.9 Å². The summed E-state index contributed by atoms with van der Waals surface area (Å²) in [5, 5.41) is 13.7. The van der Waals surface area contributed by atoms with Crippen LogP contribution in [0, 0.1) is 5.92 Å². The van der Waals surface area contributed by atoms with Crippen molar-refractivity contribution in [2.45, 2.75) is 19.3 Å². The number of aryl methyl sites for hydroxylation is 1. The van der Waals surface area contributed by atoms with Gasteiger partial charge in [-0.15, -0.1) is 0 Å². The molecule has 1 aliphatic rings. The Labute approximate surface area is 116 Å². The first-order valence-corrected chi connectivity index (χ1v) is 6.60. The van der Waals surface area contributed by atoms with Gasteiger partial charge in [-0.2, -0.15) is 15.4 Å². The molecule has 1 unspecified atom stereocenters. The molecule has 104 valence electrons. The number of carbonyl (C=O) groups is 1. The second-order valence-corrected chi connectivity index (χ2v) is 4.85. The predicted octanol–water partition coefficient (Wildman–Crippen LogP) is 1.56. The van der Waals surface area contributed by atoms with Gasteiger partial charge in [-0.25, -0.2) is 0 Å². The van der Waals surface area contributed by atoms with Crippen LogP contribution in [0.4, 0.5) is 5.69 Å². The molecule has 6 nitrogen and oxygen atoms in total. The highest BCUT2D eigenvalue weighted by molar-refractivity contribution is 5.94. The number of H-pyrrole nitrogens is 1. The number of anilines is 1. The maximum absolute atomic E-state index is 12.3. The predicted molar refractivity (Wildman–Crippen MR) is 73.5 cm³/mol. The summed E-state index contributed by atoms with van der Waals surface area (Å²) in [6, 6.07) is 7.40. The number of fused-ring (bicyclic) bond motifs is 1. The molecule has 0 aliphatic heterocycles. The molecule has 1 aromatic carbocycles. The maximum atomic E-state index is 12.3. The molecule has 0 bridgehead atoms. The Morgan fingerprint density at radius 1 is 1.35 bits per heavy atom. The average Bonchev–Trinajstić information content (AvgIpc) is 2.95. The highest BCUT2D eigenvalue weighted by Gasteiger charge is 2.27. The largest absolute Gasteiger partial charge is 0.495 e. The summed E-state index contributed by atoms with van der Waals surface area (Å²) in [6.45, 7) is 0. The highest BCUT2D eigenvalue weighted by Crippen LogP contribution is 2.27. The number of aromatic nitrogens is 3. The normalized spacial score (nSPS) is 17.4. The van der Waals surface area contributed by atoms with Crippen LogP contribution in [0.1, 0.15) is 17.8 Å². The van der Waals surface area contributed by atoms with Crippen LogP contribution in [0.3, 0.4) is 0 Å². The Morgan fingerprint density at radius 3 is 3.00 bits per heavy atom. The first-order chi connectivity index (χ1) is 9.78. The van der Waals surface area contributed by atoms with E-state index in [1.165, 1.54) is 0 Å². The molecule has 0 saturated heterocycles. The van der Waals surface area contributed by atoms with Gasteiger partial charge in [-0.05, 0) is 25.0 Å². The van der Waals surface area contributed by atoms with Gasteiger partial charge in [0.1, 0.15) is 5.75 Å². The van der Waals surface area contributed by atoms with E-state index in [-0.39, 0.29) is 11.8 Å². The second-order valence-electron chi connectivity index (χ2n) is 4.85. The van der Waals surface area contributed by atoms with Crippen molar-refractivity contribution in [3.63, 3.8) is 0 Å². The summed E-state index contributed by atoms with van der Waals surface area (Å²) in [7, 11) is 1.59. The van der Waals surface area contributed by atoms with Crippen LogP contribution in [0.2, 0.25) is 0 Å². The summed E-state index contributed by atoms with van der Waals surface area (Å²) < 4.78 is 5.24. The molecule has 0 saturated carbocycles. The van der Waals surface area contributed by atoms with E-state index in [0.717, 1.165) is 24.2 Å². The van der Waals surface area contributed by atoms with Gasteiger partial charge in [-0.3, -0.25) is 4.79 Å². The van der Waals surface area contributed by atoms with Crippen molar-refractivity contribution in [1.29, 1.82) is 0 Å². The van der Waals surface area contributed by atoms with Crippen LogP contribution < -0.4 is 10.1 Å². The van der Waals surface area contributed by atoms with Crippen molar-refractivity contribution in [3.8, 4) is 5.75 Å². The van der Waals surface area contributed by atoms with Crippen LogP contribution in [0.5, 0.6) is 5.75 Å². The minimum absolute atomic E-state index is 0.00292. The van der Waals surface area contributed by atoms with Crippen LogP contribution in [0.25, 0.3) is 0 Å². The molecular formula is C14H16N4O2. The number of rotatable bonds is 3. The zero-order chi connectivity index (χ0) is 13.9. The molecule has 0 spiro atoms. The minimum atomic E-state index is -0.0717. The molecule has 1 heterocycles. The third-order valence-electron chi connectivity index (χ3n) is 3.61. The molecular weight excluding hydrogens is 256 g/mol. The monoisotopic (exact) mass is 272 g/mol. The molecule has 1 amide bonds. The maximum Gasteiger partial charge on any atom is 0.227 e. The SMILES string of the molecule is COc1ccccc1NC(=O)C1CCc2n[nH]nc2C1. The van der Waals surface area contributed by atoms with Crippen molar-refractivity contribution in [2.24, 2.45) is 5.92 Å². The molecule has 1 aromatic heterocycles. The Kier molecular flexibility index (Phi) is 3.37. The molecule has 0 fully saturated rings. The number of methoxy groups -OCH3 is 1. The molecule has 1 aliphatic carbocycles. The van der Waals surface area contributed by atoms with Crippen molar-refractivity contribution in [2.75, 3.05) is 12.4 Å². The lowest BCUT2D eigenvalue weighted by Gasteiger charge is -2.20. The van der Waals surface area contributed by atoms with Crippen LogP contribution in [0.15, 0.2) is 24.3 Å². The second kappa shape index (κ2) is 5.32. The fraction of sp³-hybridized carbons (Fsp3) is 0.357. The average molecular weight is 272 g/mol. The Morgan fingerprint density at radius 2 is 2.15 bits per heavy atom. The van der Waals surface area contributed by atoms with E-state index in [1.54, 1.807) is 7.11 Å². The zero-order valence-corrected chi connectivity index (χ0v) is 11.2. The Bertz CT molecular complexity index is 623. The van der Waals surface area contributed by atoms with E-state index in [9.17, 15) is 4.79 Å². The molecule has 2 N–H and O–H groups in total. The summed E-state index contributed by atoms with van der Waals surface area (Å²) >= 11 is 0. The third kappa shape index (κ3) is 2.36. The van der Waals surface area contributed by atoms with Gasteiger partial charge in [0.05, 0.1) is 24.2 Å². The number of ether oxygens (including phenoxy) is 1. The third-order valence-corrected chi connectivity index (χ3v) is 3.61. The summed E-state index contributed by atoms with van der Waals surface area (Å²) in [5.74, 6) is 0.597. The zero-order valence-electron chi connectivity index (χ0n) is 11.2. The van der Waals surface area contributed by atoms with Gasteiger partial charge in [0.25, 0.3) is 0 Å². The van der Waals surface area contributed by atoms with E-state index < -0.39 is 0 Å². The molecule has 20 heavy (non-hydrogen) atoms. The standard InChI is InChI=1S/C14H16N4O2/c1-20-13-5-3-2-4-11(13)15-14(19)9-6-7-10-12(8-9)17-18-16-10/h2-5,9H,6-8H2,1H3,(H,15,19)(H,16,17,18). The highest BCUT2D eigenvalue weighted by atomic mass is 16.5. The number of amides is 1. The van der Waals surface area contributed by atoms with Gasteiger partial charge in [0.15, 0.2) is 0 Å². The number of hydrogen-bond donors (Lipinski definition) is 2. The number of aromatic amines is 1. The fourth-order valence-corrected chi connectivity index (χ4v) is 2.49. The van der Waals surface area contributed by atoms with E-state index in [4.69, 9.17) is 4.74 Å². The lowest BCUT2D eigenvalue weighted by atomic mass is 9.89. The number of nitrogens with zero attached hydrogens (tertiary/aromatic N) is 2. The fourth-order valence-electron chi connectivity index (χ4n) is 2.49. The number of para-hydroxylation sites is 2. The number of carbonyl (C=O) groups excluding carboxylic acids is 1. The van der Waals surface area contributed by atoms with Gasteiger partial charge >= 0.3 is 0 Å². The van der Waals surface area contributed by atoms with Crippen LogP contribution in [-0.2, 0) is 17.6 Å². The summed E-state index contributed by atoms with van der Waals surface area (Å²) in [6.07, 6.45) is 2.21. The molecule has 1 atom stereocenters. The molecule has 2 aromatic rings. The van der Waals surface area contributed by atoms with Gasteiger partial charge in [0.2, 0.25) is 5.91 Å². The minimum Gasteiger partial charge on any atom is -0.495 e. The topological polar surface area (TPSA) is 79.9 Å². The van der Waals surface area contributed by atoms with E-state index in [2.05, 4.69) is 20.7 Å². The molecule has 0 radical (unpaired) electrons. The van der Waals surface area contributed by atoms with Crippen LogP contribution >= 0.6 is 0 Å². The smallest absolute Gasteiger partial charge is 0.227 e. The van der Waals surface area contributed by atoms with E-state index in [1.807, 2.05) is 24.3 Å². The summed E-state index contributed by atoms with van der Waals surface area (Å²) in [5.41, 5.74) is 2.58.